The van der Waals surface area contributed by atoms with E-state index in [2.05, 4.69) is 21.2 Å². The van der Waals surface area contributed by atoms with Gasteiger partial charge in [-0.2, -0.15) is 0 Å². The van der Waals surface area contributed by atoms with E-state index in [0.717, 1.165) is 10.0 Å². The molecule has 23 heavy (non-hydrogen) atoms. The molecule has 2 aromatic rings. The van der Waals surface area contributed by atoms with Crippen LogP contribution in [0.2, 0.25) is 0 Å². The summed E-state index contributed by atoms with van der Waals surface area (Å²) in [5.41, 5.74) is 1.60. The number of amides is 1. The number of carbonyl (C=O) groups is 1. The van der Waals surface area contributed by atoms with E-state index in [1.54, 1.807) is 25.1 Å². The van der Waals surface area contributed by atoms with Crippen molar-refractivity contribution < 1.29 is 13.9 Å². The third-order valence-electron chi connectivity index (χ3n) is 3.33. The first-order valence-electron chi connectivity index (χ1n) is 7.07. The quantitative estimate of drug-likeness (QED) is 0.779. The number of ether oxygens (including phenoxy) is 1. The SMILES string of the molecule is COc1ccc([C@@H](C)NC(=O)/C=C/c2ccc(Br)cc2)cc1F. The molecule has 0 spiro atoms. The fraction of sp³-hybridized carbons (Fsp3) is 0.167. The van der Waals surface area contributed by atoms with Crippen LogP contribution < -0.4 is 10.1 Å². The third-order valence-corrected chi connectivity index (χ3v) is 3.86. The largest absolute Gasteiger partial charge is 0.494 e. The molecule has 0 aliphatic rings. The second-order valence-electron chi connectivity index (χ2n) is 5.01. The van der Waals surface area contributed by atoms with Gasteiger partial charge in [0.05, 0.1) is 13.2 Å². The number of hydrogen-bond donors (Lipinski definition) is 1. The Morgan fingerprint density at radius 3 is 2.57 bits per heavy atom. The van der Waals surface area contributed by atoms with E-state index < -0.39 is 5.82 Å². The Bertz CT molecular complexity index is 713. The van der Waals surface area contributed by atoms with Gasteiger partial charge in [-0.25, -0.2) is 4.39 Å². The molecule has 0 aromatic heterocycles. The molecule has 0 heterocycles. The van der Waals surface area contributed by atoms with Crippen molar-refractivity contribution in [3.63, 3.8) is 0 Å². The standard InChI is InChI=1S/C18H17BrFNO2/c1-12(14-6-9-17(23-2)16(20)11-14)21-18(22)10-5-13-3-7-15(19)8-4-13/h3-12H,1-2H3,(H,21,22)/b10-5+/t12-/m1/s1. The molecule has 1 atom stereocenters. The second-order valence-corrected chi connectivity index (χ2v) is 5.92. The van der Waals surface area contributed by atoms with Crippen LogP contribution in [0.1, 0.15) is 24.1 Å². The maximum Gasteiger partial charge on any atom is 0.244 e. The zero-order valence-electron chi connectivity index (χ0n) is 12.8. The Morgan fingerprint density at radius 1 is 1.26 bits per heavy atom. The van der Waals surface area contributed by atoms with Gasteiger partial charge in [-0.1, -0.05) is 34.1 Å². The Hall–Kier alpha value is -2.14. The van der Waals surface area contributed by atoms with Crippen LogP contribution in [0, 0.1) is 5.82 Å². The first-order chi connectivity index (χ1) is 11.0. The summed E-state index contributed by atoms with van der Waals surface area (Å²) in [6.07, 6.45) is 3.18. The Balaban J connectivity index is 1.99. The number of nitrogens with one attached hydrogen (secondary N) is 1. The first kappa shape index (κ1) is 17.2. The zero-order valence-corrected chi connectivity index (χ0v) is 14.4. The Morgan fingerprint density at radius 2 is 1.96 bits per heavy atom. The van der Waals surface area contributed by atoms with E-state index in [9.17, 15) is 9.18 Å². The molecule has 0 radical (unpaired) electrons. The van der Waals surface area contributed by atoms with Crippen molar-refractivity contribution in [3.8, 4) is 5.75 Å². The topological polar surface area (TPSA) is 38.3 Å². The molecule has 0 bridgehead atoms. The molecule has 2 aromatic carbocycles. The van der Waals surface area contributed by atoms with E-state index in [1.807, 2.05) is 24.3 Å². The third kappa shape index (κ3) is 4.93. The first-order valence-corrected chi connectivity index (χ1v) is 7.86. The fourth-order valence-electron chi connectivity index (χ4n) is 2.04. The molecular weight excluding hydrogens is 361 g/mol. The van der Waals surface area contributed by atoms with Crippen molar-refractivity contribution in [1.29, 1.82) is 0 Å². The molecule has 1 amide bonds. The highest BCUT2D eigenvalue weighted by Crippen LogP contribution is 2.21. The normalized spacial score (nSPS) is 12.2. The lowest BCUT2D eigenvalue weighted by atomic mass is 10.1. The number of benzene rings is 2. The van der Waals surface area contributed by atoms with Gasteiger partial charge in [-0.3, -0.25) is 4.79 Å². The summed E-state index contributed by atoms with van der Waals surface area (Å²) in [6, 6.07) is 11.9. The van der Waals surface area contributed by atoms with Crippen molar-refractivity contribution >= 4 is 27.9 Å². The predicted octanol–water partition coefficient (Wildman–Crippen LogP) is 4.49. The van der Waals surface area contributed by atoms with Gasteiger partial charge in [-0.05, 0) is 48.4 Å². The lowest BCUT2D eigenvalue weighted by Gasteiger charge is -2.14. The maximum absolute atomic E-state index is 13.7. The highest BCUT2D eigenvalue weighted by molar-refractivity contribution is 9.10. The van der Waals surface area contributed by atoms with Crippen LogP contribution in [0.5, 0.6) is 5.75 Å². The summed E-state index contributed by atoms with van der Waals surface area (Å²) in [5.74, 6) is -0.504. The van der Waals surface area contributed by atoms with E-state index in [1.165, 1.54) is 19.3 Å². The Kier molecular flexibility index (Phi) is 5.93. The summed E-state index contributed by atoms with van der Waals surface area (Å²) >= 11 is 3.36. The van der Waals surface area contributed by atoms with Gasteiger partial charge in [0.1, 0.15) is 0 Å². The number of methoxy groups -OCH3 is 1. The van der Waals surface area contributed by atoms with Crippen LogP contribution >= 0.6 is 15.9 Å². The highest BCUT2D eigenvalue weighted by Gasteiger charge is 2.11. The van der Waals surface area contributed by atoms with Gasteiger partial charge in [0.15, 0.2) is 11.6 Å². The van der Waals surface area contributed by atoms with Gasteiger partial charge < -0.3 is 10.1 Å². The number of halogens is 2. The van der Waals surface area contributed by atoms with Gasteiger partial charge in [0.2, 0.25) is 5.91 Å². The maximum atomic E-state index is 13.7. The minimum absolute atomic E-state index is 0.183. The van der Waals surface area contributed by atoms with Crippen LogP contribution in [-0.4, -0.2) is 13.0 Å². The molecule has 0 fully saturated rings. The molecule has 120 valence electrons. The predicted molar refractivity (Wildman–Crippen MR) is 92.7 cm³/mol. The molecule has 0 saturated carbocycles. The van der Waals surface area contributed by atoms with Gasteiger partial charge >= 0.3 is 0 Å². The number of rotatable bonds is 5. The highest BCUT2D eigenvalue weighted by atomic mass is 79.9. The van der Waals surface area contributed by atoms with Crippen molar-refractivity contribution in [2.75, 3.05) is 7.11 Å². The molecular formula is C18H17BrFNO2. The summed E-state index contributed by atoms with van der Waals surface area (Å²) in [4.78, 5) is 11.9. The molecule has 3 nitrogen and oxygen atoms in total. The monoisotopic (exact) mass is 377 g/mol. The van der Waals surface area contributed by atoms with Gasteiger partial charge in [0, 0.05) is 10.5 Å². The van der Waals surface area contributed by atoms with Gasteiger partial charge in [-0.15, -0.1) is 0 Å². The number of carbonyl (C=O) groups excluding carboxylic acids is 1. The van der Waals surface area contributed by atoms with Crippen LogP contribution in [0.4, 0.5) is 4.39 Å². The van der Waals surface area contributed by atoms with Crippen LogP contribution in [-0.2, 0) is 4.79 Å². The van der Waals surface area contributed by atoms with E-state index in [0.29, 0.717) is 5.56 Å². The summed E-state index contributed by atoms with van der Waals surface area (Å²) < 4.78 is 19.6. The van der Waals surface area contributed by atoms with E-state index >= 15 is 0 Å². The second kappa shape index (κ2) is 7.92. The molecule has 2 rings (SSSR count). The molecule has 0 saturated heterocycles. The van der Waals surface area contributed by atoms with Gasteiger partial charge in [0.25, 0.3) is 0 Å². The number of hydrogen-bond acceptors (Lipinski definition) is 2. The Labute approximate surface area is 143 Å². The van der Waals surface area contributed by atoms with E-state index in [-0.39, 0.29) is 17.7 Å². The smallest absolute Gasteiger partial charge is 0.244 e. The van der Waals surface area contributed by atoms with Crippen LogP contribution in [0.15, 0.2) is 53.0 Å². The lowest BCUT2D eigenvalue weighted by molar-refractivity contribution is -0.117. The zero-order chi connectivity index (χ0) is 16.8. The molecule has 0 unspecified atom stereocenters. The van der Waals surface area contributed by atoms with Crippen molar-refractivity contribution in [3.05, 3.63) is 70.0 Å². The molecule has 0 aliphatic heterocycles. The lowest BCUT2D eigenvalue weighted by Crippen LogP contribution is -2.24. The molecule has 5 heteroatoms. The van der Waals surface area contributed by atoms with E-state index in [4.69, 9.17) is 4.74 Å². The minimum atomic E-state index is -0.448. The molecule has 1 N–H and O–H groups in total. The summed E-state index contributed by atoms with van der Waals surface area (Å²) in [7, 11) is 1.41. The van der Waals surface area contributed by atoms with Crippen molar-refractivity contribution in [2.24, 2.45) is 0 Å². The van der Waals surface area contributed by atoms with Crippen molar-refractivity contribution in [1.82, 2.24) is 5.32 Å². The summed E-state index contributed by atoms with van der Waals surface area (Å²) in [6.45, 7) is 1.80. The summed E-state index contributed by atoms with van der Waals surface area (Å²) in [5, 5.41) is 2.80. The minimum Gasteiger partial charge on any atom is -0.494 e. The average Bonchev–Trinajstić information content (AvgIpc) is 2.54. The average molecular weight is 378 g/mol. The van der Waals surface area contributed by atoms with Crippen LogP contribution in [0.3, 0.4) is 0 Å². The molecule has 0 aliphatic carbocycles. The van der Waals surface area contributed by atoms with Crippen molar-refractivity contribution in [2.45, 2.75) is 13.0 Å². The fourth-order valence-corrected chi connectivity index (χ4v) is 2.31. The van der Waals surface area contributed by atoms with Crippen LogP contribution in [0.25, 0.3) is 6.08 Å².